The fraction of sp³-hybridized carbons (Fsp3) is 0.600. The molecule has 0 aliphatic heterocycles. The number of alkyl halides is 6. The first-order chi connectivity index (χ1) is 5.55. The van der Waals surface area contributed by atoms with Crippen LogP contribution in [0.5, 0.6) is 0 Å². The van der Waals surface area contributed by atoms with Crippen LogP contribution in [0, 0.1) is 0 Å². The summed E-state index contributed by atoms with van der Waals surface area (Å²) in [6, 6.07) is 0. The van der Waals surface area contributed by atoms with E-state index in [0.717, 1.165) is 0 Å². The summed E-state index contributed by atoms with van der Waals surface area (Å²) in [5.74, 6) is -5.40. The van der Waals surface area contributed by atoms with Gasteiger partial charge in [0, 0.05) is 0 Å². The molecule has 0 spiro atoms. The zero-order valence-electron chi connectivity index (χ0n) is 6.79. The van der Waals surface area contributed by atoms with Crippen LogP contribution in [0.15, 0.2) is 0 Å². The SMILES string of the molecule is O=C(CC(=O)C(F)(F)F)C(F)(F)F.[Na+]. The van der Waals surface area contributed by atoms with Crippen molar-refractivity contribution in [1.29, 1.82) is 0 Å². The van der Waals surface area contributed by atoms with E-state index in [0.29, 0.717) is 0 Å². The minimum absolute atomic E-state index is 0. The molecule has 0 saturated carbocycles. The first kappa shape index (κ1) is 16.4. The molecule has 0 aromatic carbocycles. The molecule has 76 valence electrons. The van der Waals surface area contributed by atoms with Crippen molar-refractivity contribution in [1.82, 2.24) is 0 Å². The Morgan fingerprint density at radius 2 is 1.00 bits per heavy atom. The van der Waals surface area contributed by atoms with Crippen LogP contribution in [0.1, 0.15) is 6.42 Å². The minimum Gasteiger partial charge on any atom is -0.289 e. The molecule has 14 heavy (non-hydrogen) atoms. The second kappa shape index (κ2) is 5.13. The Kier molecular flexibility index (Phi) is 5.99. The summed E-state index contributed by atoms with van der Waals surface area (Å²) >= 11 is 0. The third-order valence-electron chi connectivity index (χ3n) is 0.953. The fourth-order valence-electron chi connectivity index (χ4n) is 0.346. The molecule has 9 heteroatoms. The van der Waals surface area contributed by atoms with Crippen LogP contribution in [0.25, 0.3) is 0 Å². The molecular formula is C5H2F6NaO2+. The normalized spacial score (nSPS) is 11.9. The summed E-state index contributed by atoms with van der Waals surface area (Å²) in [7, 11) is 0. The quantitative estimate of drug-likeness (QED) is 0.334. The van der Waals surface area contributed by atoms with Gasteiger partial charge in [0.05, 0.1) is 6.42 Å². The van der Waals surface area contributed by atoms with Crippen LogP contribution in [-0.2, 0) is 9.59 Å². The molecule has 2 nitrogen and oxygen atoms in total. The van der Waals surface area contributed by atoms with Crippen LogP contribution >= 0.6 is 0 Å². The van der Waals surface area contributed by atoms with E-state index < -0.39 is 30.3 Å². The molecule has 0 heterocycles. The van der Waals surface area contributed by atoms with Crippen molar-refractivity contribution < 1.29 is 65.5 Å². The largest absolute Gasteiger partial charge is 1.00 e. The summed E-state index contributed by atoms with van der Waals surface area (Å²) in [6.07, 6.45) is -13.0. The number of carbonyl (C=O) groups is 2. The molecule has 0 aromatic rings. The Labute approximate surface area is 95.9 Å². The van der Waals surface area contributed by atoms with Crippen LogP contribution in [0.4, 0.5) is 26.3 Å². The number of rotatable bonds is 2. The van der Waals surface area contributed by atoms with Gasteiger partial charge in [0.2, 0.25) is 11.6 Å². The number of hydrogen-bond donors (Lipinski definition) is 0. The number of Topliss-reactive ketones (excluding diaryl/α,β-unsaturated/α-hetero) is 2. The van der Waals surface area contributed by atoms with Crippen molar-refractivity contribution in [2.24, 2.45) is 0 Å². The maximum atomic E-state index is 11.3. The van der Waals surface area contributed by atoms with Gasteiger partial charge in [0.1, 0.15) is 0 Å². The van der Waals surface area contributed by atoms with Gasteiger partial charge in [0.15, 0.2) is 0 Å². The molecule has 0 unspecified atom stereocenters. The minimum atomic E-state index is -5.40. The smallest absolute Gasteiger partial charge is 0.289 e. The number of ketones is 2. The second-order valence-corrected chi connectivity index (χ2v) is 2.02. The monoisotopic (exact) mass is 231 g/mol. The number of halogens is 6. The van der Waals surface area contributed by atoms with Crippen LogP contribution < -0.4 is 29.6 Å². The van der Waals surface area contributed by atoms with Gasteiger partial charge in [0.25, 0.3) is 0 Å². The van der Waals surface area contributed by atoms with E-state index >= 15 is 0 Å². The van der Waals surface area contributed by atoms with Crippen molar-refractivity contribution in [3.63, 3.8) is 0 Å². The second-order valence-electron chi connectivity index (χ2n) is 2.02. The average Bonchev–Trinajstić information content (AvgIpc) is 1.82. The Morgan fingerprint density at radius 3 is 1.14 bits per heavy atom. The number of hydrogen-bond acceptors (Lipinski definition) is 2. The van der Waals surface area contributed by atoms with Gasteiger partial charge in [-0.05, 0) is 0 Å². The third-order valence-corrected chi connectivity index (χ3v) is 0.953. The van der Waals surface area contributed by atoms with Gasteiger partial charge in [-0.2, -0.15) is 26.3 Å². The van der Waals surface area contributed by atoms with Crippen molar-refractivity contribution >= 4 is 11.6 Å². The molecule has 0 atom stereocenters. The van der Waals surface area contributed by atoms with Gasteiger partial charge in [-0.1, -0.05) is 0 Å². The van der Waals surface area contributed by atoms with Crippen molar-refractivity contribution in [2.45, 2.75) is 18.8 Å². The van der Waals surface area contributed by atoms with E-state index in [1.165, 1.54) is 0 Å². The van der Waals surface area contributed by atoms with E-state index in [-0.39, 0.29) is 29.6 Å². The zero-order chi connectivity index (χ0) is 10.9. The molecule has 0 bridgehead atoms. The molecule has 0 saturated heterocycles. The summed E-state index contributed by atoms with van der Waals surface area (Å²) in [6.45, 7) is 0. The Hall–Kier alpha value is -0.0800. The molecule has 0 aromatic heterocycles. The van der Waals surface area contributed by atoms with E-state index in [1.54, 1.807) is 0 Å². The fourth-order valence-corrected chi connectivity index (χ4v) is 0.346. The topological polar surface area (TPSA) is 34.1 Å². The molecule has 0 fully saturated rings. The Bertz CT molecular complexity index is 205. The van der Waals surface area contributed by atoms with Gasteiger partial charge in [-0.3, -0.25) is 9.59 Å². The molecule has 0 aliphatic rings. The maximum absolute atomic E-state index is 11.3. The molecule has 0 aliphatic carbocycles. The van der Waals surface area contributed by atoms with E-state index in [9.17, 15) is 35.9 Å². The third kappa shape index (κ3) is 5.61. The van der Waals surface area contributed by atoms with Crippen molar-refractivity contribution in [2.75, 3.05) is 0 Å². The van der Waals surface area contributed by atoms with E-state index in [4.69, 9.17) is 0 Å². The first-order valence-electron chi connectivity index (χ1n) is 2.75. The van der Waals surface area contributed by atoms with Crippen LogP contribution in [0.3, 0.4) is 0 Å². The summed E-state index contributed by atoms with van der Waals surface area (Å²) in [5, 5.41) is 0. The Balaban J connectivity index is 0. The maximum Gasteiger partial charge on any atom is 1.00 e. The predicted molar refractivity (Wildman–Crippen MR) is 26.7 cm³/mol. The molecular weight excluding hydrogens is 229 g/mol. The summed E-state index contributed by atoms with van der Waals surface area (Å²) in [5.41, 5.74) is 0. The van der Waals surface area contributed by atoms with Gasteiger partial charge >= 0.3 is 41.9 Å². The zero-order valence-corrected chi connectivity index (χ0v) is 8.79. The number of carbonyl (C=O) groups excluding carboxylic acids is 2. The standard InChI is InChI=1S/C5H2F6O2.Na/c6-4(7,8)2(12)1-3(13)5(9,10)11;/h1H2;/q;+1. The van der Waals surface area contributed by atoms with Crippen LogP contribution in [-0.4, -0.2) is 23.9 Å². The van der Waals surface area contributed by atoms with Crippen molar-refractivity contribution in [3.05, 3.63) is 0 Å². The van der Waals surface area contributed by atoms with Gasteiger partial charge in [-0.15, -0.1) is 0 Å². The molecule has 0 N–H and O–H groups in total. The van der Waals surface area contributed by atoms with Crippen molar-refractivity contribution in [3.8, 4) is 0 Å². The van der Waals surface area contributed by atoms with E-state index in [2.05, 4.69) is 0 Å². The van der Waals surface area contributed by atoms with Crippen LogP contribution in [0.2, 0.25) is 0 Å². The predicted octanol–water partition coefficient (Wildman–Crippen LogP) is -1.36. The molecule has 0 amide bonds. The molecule has 0 rings (SSSR count). The van der Waals surface area contributed by atoms with Gasteiger partial charge in [-0.25, -0.2) is 0 Å². The van der Waals surface area contributed by atoms with Gasteiger partial charge < -0.3 is 0 Å². The summed E-state index contributed by atoms with van der Waals surface area (Å²) in [4.78, 5) is 19.8. The van der Waals surface area contributed by atoms with E-state index in [1.807, 2.05) is 0 Å². The first-order valence-corrected chi connectivity index (χ1v) is 2.75. The summed E-state index contributed by atoms with van der Waals surface area (Å²) < 4.78 is 68.0. The average molecular weight is 231 g/mol. The molecule has 0 radical (unpaired) electrons. The Morgan fingerprint density at radius 1 is 0.786 bits per heavy atom.